The summed E-state index contributed by atoms with van der Waals surface area (Å²) < 4.78 is 27.1. The van der Waals surface area contributed by atoms with E-state index in [4.69, 9.17) is 0 Å². The number of nitrogens with one attached hydrogen (secondary N) is 1. The van der Waals surface area contributed by atoms with Crippen molar-refractivity contribution in [3.63, 3.8) is 0 Å². The molecule has 5 rings (SSSR count). The molecule has 1 heterocycles. The lowest BCUT2D eigenvalue weighted by atomic mass is 9.96. The number of carbonyl (C=O) groups is 2. The second kappa shape index (κ2) is 9.96. The standard InChI is InChI=1S/C28H27F2N3O2/c29-23-9-3-19(4-10-23)26(20-5-11-24(30)12-6-20)32-15-17-33(18-16-32)28(35)22-7-13-25(14-8-22)31-27(34)21-1-2-21/h3-14,21,26H,1-2,15-18H2,(H,31,34). The molecule has 0 radical (unpaired) electrons. The first kappa shape index (κ1) is 23.2. The fourth-order valence-electron chi connectivity index (χ4n) is 4.56. The van der Waals surface area contributed by atoms with Gasteiger partial charge in [-0.15, -0.1) is 0 Å². The number of piperazine rings is 1. The minimum absolute atomic E-state index is 0.0389. The van der Waals surface area contributed by atoms with E-state index in [1.165, 1.54) is 24.3 Å². The van der Waals surface area contributed by atoms with Gasteiger partial charge < -0.3 is 10.2 Å². The van der Waals surface area contributed by atoms with Crippen molar-refractivity contribution in [2.45, 2.75) is 18.9 Å². The normalized spacial score (nSPS) is 16.4. The van der Waals surface area contributed by atoms with Gasteiger partial charge in [-0.3, -0.25) is 14.5 Å². The summed E-state index contributed by atoms with van der Waals surface area (Å²) in [6.45, 7) is 2.33. The highest BCUT2D eigenvalue weighted by Crippen LogP contribution is 2.31. The van der Waals surface area contributed by atoms with E-state index >= 15 is 0 Å². The van der Waals surface area contributed by atoms with Crippen LogP contribution < -0.4 is 5.32 Å². The number of amides is 2. The van der Waals surface area contributed by atoms with Gasteiger partial charge in [-0.1, -0.05) is 24.3 Å². The third kappa shape index (κ3) is 5.41. The van der Waals surface area contributed by atoms with Gasteiger partial charge in [-0.05, 0) is 72.5 Å². The predicted octanol–water partition coefficient (Wildman–Crippen LogP) is 4.86. The summed E-state index contributed by atoms with van der Waals surface area (Å²) in [5.74, 6) is -0.497. The summed E-state index contributed by atoms with van der Waals surface area (Å²) in [5.41, 5.74) is 3.12. The zero-order valence-corrected chi connectivity index (χ0v) is 19.3. The third-order valence-electron chi connectivity index (χ3n) is 6.69. The van der Waals surface area contributed by atoms with E-state index in [2.05, 4.69) is 10.2 Å². The van der Waals surface area contributed by atoms with E-state index < -0.39 is 0 Å². The van der Waals surface area contributed by atoms with Crippen molar-refractivity contribution in [3.05, 3.63) is 101 Å². The Hall–Kier alpha value is -3.58. The SMILES string of the molecule is O=C(Nc1ccc(C(=O)N2CCN(C(c3ccc(F)cc3)c3ccc(F)cc3)CC2)cc1)C1CC1. The topological polar surface area (TPSA) is 52.7 Å². The van der Waals surface area contributed by atoms with Crippen LogP contribution in [0.2, 0.25) is 0 Å². The first-order chi connectivity index (χ1) is 17.0. The van der Waals surface area contributed by atoms with E-state index in [-0.39, 0.29) is 35.4 Å². The van der Waals surface area contributed by atoms with Gasteiger partial charge in [0, 0.05) is 43.3 Å². The number of hydrogen-bond acceptors (Lipinski definition) is 3. The molecule has 0 bridgehead atoms. The van der Waals surface area contributed by atoms with Crippen LogP contribution in [0.25, 0.3) is 0 Å². The van der Waals surface area contributed by atoms with Crippen molar-refractivity contribution >= 4 is 17.5 Å². The smallest absolute Gasteiger partial charge is 0.253 e. The first-order valence-corrected chi connectivity index (χ1v) is 11.9. The van der Waals surface area contributed by atoms with Gasteiger partial charge in [0.15, 0.2) is 0 Å². The second-order valence-electron chi connectivity index (χ2n) is 9.17. The molecule has 1 N–H and O–H groups in total. The van der Waals surface area contributed by atoms with Gasteiger partial charge in [-0.25, -0.2) is 8.78 Å². The molecule has 2 aliphatic rings. The van der Waals surface area contributed by atoms with E-state index in [1.807, 2.05) is 4.90 Å². The number of benzene rings is 3. The van der Waals surface area contributed by atoms with Crippen LogP contribution in [0.1, 0.15) is 40.4 Å². The molecule has 5 nitrogen and oxygen atoms in total. The van der Waals surface area contributed by atoms with Gasteiger partial charge in [0.25, 0.3) is 5.91 Å². The summed E-state index contributed by atoms with van der Waals surface area (Å²) in [5, 5.41) is 2.89. The summed E-state index contributed by atoms with van der Waals surface area (Å²) in [6.07, 6.45) is 1.88. The molecule has 7 heteroatoms. The molecule has 0 unspecified atom stereocenters. The number of hydrogen-bond donors (Lipinski definition) is 1. The van der Waals surface area contributed by atoms with Crippen LogP contribution in [0.4, 0.5) is 14.5 Å². The summed E-state index contributed by atoms with van der Waals surface area (Å²) in [4.78, 5) is 29.1. The molecule has 1 saturated carbocycles. The molecule has 0 spiro atoms. The van der Waals surface area contributed by atoms with Crippen LogP contribution in [0.3, 0.4) is 0 Å². The Morgan fingerprint density at radius 3 is 1.74 bits per heavy atom. The summed E-state index contributed by atoms with van der Waals surface area (Å²) in [7, 11) is 0. The second-order valence-corrected chi connectivity index (χ2v) is 9.17. The Kier molecular flexibility index (Phi) is 6.59. The van der Waals surface area contributed by atoms with Crippen molar-refractivity contribution in [2.24, 2.45) is 5.92 Å². The van der Waals surface area contributed by atoms with Gasteiger partial charge in [0.05, 0.1) is 6.04 Å². The zero-order valence-electron chi connectivity index (χ0n) is 19.3. The summed E-state index contributed by atoms with van der Waals surface area (Å²) in [6, 6.07) is 19.6. The fourth-order valence-corrected chi connectivity index (χ4v) is 4.56. The lowest BCUT2D eigenvalue weighted by molar-refractivity contribution is -0.117. The highest BCUT2D eigenvalue weighted by molar-refractivity contribution is 5.96. The maximum absolute atomic E-state index is 13.5. The molecule has 0 atom stereocenters. The maximum Gasteiger partial charge on any atom is 0.253 e. The van der Waals surface area contributed by atoms with E-state index in [0.29, 0.717) is 37.4 Å². The number of nitrogens with zero attached hydrogens (tertiary/aromatic N) is 2. The molecule has 1 saturated heterocycles. The Morgan fingerprint density at radius 1 is 0.743 bits per heavy atom. The van der Waals surface area contributed by atoms with Crippen molar-refractivity contribution in [1.82, 2.24) is 9.80 Å². The largest absolute Gasteiger partial charge is 0.336 e. The van der Waals surface area contributed by atoms with Gasteiger partial charge in [0.1, 0.15) is 11.6 Å². The van der Waals surface area contributed by atoms with E-state index in [1.54, 1.807) is 48.5 Å². The quantitative estimate of drug-likeness (QED) is 0.554. The van der Waals surface area contributed by atoms with Crippen molar-refractivity contribution < 1.29 is 18.4 Å². The summed E-state index contributed by atoms with van der Waals surface area (Å²) >= 11 is 0. The molecular weight excluding hydrogens is 448 g/mol. The molecule has 3 aromatic rings. The van der Waals surface area contributed by atoms with E-state index in [0.717, 1.165) is 24.0 Å². The zero-order chi connectivity index (χ0) is 24.4. The highest BCUT2D eigenvalue weighted by Gasteiger charge is 2.30. The van der Waals surface area contributed by atoms with Crippen LogP contribution in [0.15, 0.2) is 72.8 Å². The van der Waals surface area contributed by atoms with Crippen LogP contribution in [0.5, 0.6) is 0 Å². The lowest BCUT2D eigenvalue weighted by Gasteiger charge is -2.39. The average Bonchev–Trinajstić information content (AvgIpc) is 3.73. The maximum atomic E-state index is 13.5. The van der Waals surface area contributed by atoms with Crippen LogP contribution in [-0.4, -0.2) is 47.8 Å². The molecule has 2 fully saturated rings. The van der Waals surface area contributed by atoms with Crippen LogP contribution in [0, 0.1) is 17.6 Å². The van der Waals surface area contributed by atoms with Crippen LogP contribution in [-0.2, 0) is 4.79 Å². The van der Waals surface area contributed by atoms with Crippen molar-refractivity contribution in [1.29, 1.82) is 0 Å². The van der Waals surface area contributed by atoms with Crippen molar-refractivity contribution in [3.8, 4) is 0 Å². The van der Waals surface area contributed by atoms with E-state index in [9.17, 15) is 18.4 Å². The number of carbonyl (C=O) groups excluding carboxylic acids is 2. The lowest BCUT2D eigenvalue weighted by Crippen LogP contribution is -2.49. The fraction of sp³-hybridized carbons (Fsp3) is 0.286. The van der Waals surface area contributed by atoms with Gasteiger partial charge >= 0.3 is 0 Å². The molecule has 2 amide bonds. The molecule has 180 valence electrons. The highest BCUT2D eigenvalue weighted by atomic mass is 19.1. The molecule has 3 aromatic carbocycles. The molecule has 35 heavy (non-hydrogen) atoms. The molecule has 1 aliphatic carbocycles. The molecule has 1 aliphatic heterocycles. The Bertz CT molecular complexity index is 1140. The van der Waals surface area contributed by atoms with Crippen LogP contribution >= 0.6 is 0 Å². The molecule has 0 aromatic heterocycles. The average molecular weight is 476 g/mol. The monoisotopic (exact) mass is 475 g/mol. The minimum Gasteiger partial charge on any atom is -0.336 e. The van der Waals surface area contributed by atoms with Crippen molar-refractivity contribution in [2.75, 3.05) is 31.5 Å². The molecular formula is C28H27F2N3O2. The number of halogens is 2. The van der Waals surface area contributed by atoms with Gasteiger partial charge in [-0.2, -0.15) is 0 Å². The van der Waals surface area contributed by atoms with Gasteiger partial charge in [0.2, 0.25) is 5.91 Å². The Labute approximate surface area is 203 Å². The predicted molar refractivity (Wildman–Crippen MR) is 130 cm³/mol. The Morgan fingerprint density at radius 2 is 1.26 bits per heavy atom. The number of rotatable bonds is 6. The third-order valence-corrected chi connectivity index (χ3v) is 6.69. The minimum atomic E-state index is -0.305. The number of anilines is 1. The first-order valence-electron chi connectivity index (χ1n) is 11.9. The Balaban J connectivity index is 1.26.